The normalized spacial score (nSPS) is 11.9. The number of thioether (sulfide) groups is 1. The van der Waals surface area contributed by atoms with Crippen LogP contribution in [0, 0.1) is 18.3 Å². The maximum atomic E-state index is 12.6. The van der Waals surface area contributed by atoms with Gasteiger partial charge in [-0.25, -0.2) is 4.98 Å². The average Bonchev–Trinajstić information content (AvgIpc) is 3.42. The number of nitrogens with two attached hydrogens (primary N) is 1. The molecule has 11 heteroatoms. The zero-order chi connectivity index (χ0) is 20.8. The van der Waals surface area contributed by atoms with E-state index in [9.17, 15) is 14.9 Å². The number of hydrogen-bond acceptors (Lipinski definition) is 9. The summed E-state index contributed by atoms with van der Waals surface area (Å²) in [6.07, 6.45) is 2.03. The van der Waals surface area contributed by atoms with Crippen molar-refractivity contribution < 1.29 is 14.0 Å². The first-order valence-corrected chi connectivity index (χ1v) is 10.5. The Labute approximate surface area is 174 Å². The Morgan fingerprint density at radius 3 is 2.90 bits per heavy atom. The Hall–Kier alpha value is -2.97. The fourth-order valence-electron chi connectivity index (χ4n) is 2.55. The maximum absolute atomic E-state index is 12.6. The van der Waals surface area contributed by atoms with Crippen molar-refractivity contribution in [1.82, 2.24) is 19.7 Å². The van der Waals surface area contributed by atoms with Crippen molar-refractivity contribution in [3.05, 3.63) is 46.1 Å². The van der Waals surface area contributed by atoms with E-state index in [4.69, 9.17) is 10.2 Å². The van der Waals surface area contributed by atoms with Crippen LogP contribution < -0.4 is 5.73 Å². The van der Waals surface area contributed by atoms with Crippen LogP contribution in [0.3, 0.4) is 0 Å². The molecule has 0 fully saturated rings. The van der Waals surface area contributed by atoms with E-state index in [0.29, 0.717) is 34.7 Å². The summed E-state index contributed by atoms with van der Waals surface area (Å²) in [4.78, 5) is 28.0. The fourth-order valence-corrected chi connectivity index (χ4v) is 4.27. The van der Waals surface area contributed by atoms with Crippen LogP contribution in [-0.4, -0.2) is 37.2 Å². The number of carbonyl (C=O) groups excluding carboxylic acids is 2. The number of aryl methyl sites for hydroxylation is 2. The number of thiazole rings is 1. The SMILES string of the molecule is Cc1csc(C(C#N)C(=O)CSc2nnc(CCC(N)=O)n2Cc2ccco2)n1. The topological polar surface area (TPSA) is 141 Å². The van der Waals surface area contributed by atoms with Gasteiger partial charge in [0.05, 0.1) is 24.6 Å². The van der Waals surface area contributed by atoms with Gasteiger partial charge in [0, 0.05) is 23.9 Å². The van der Waals surface area contributed by atoms with Crippen LogP contribution in [0.15, 0.2) is 33.3 Å². The highest BCUT2D eigenvalue weighted by Crippen LogP contribution is 2.25. The van der Waals surface area contributed by atoms with Crippen molar-refractivity contribution in [2.45, 2.75) is 37.4 Å². The standard InChI is InChI=1S/C18H18N6O3S2/c1-11-9-28-17(21-11)13(7-19)14(25)10-29-18-23-22-16(5-4-15(20)26)24(18)8-12-3-2-6-27-12/h2-3,6,9,13H,4-5,8,10H2,1H3,(H2,20,26). The van der Waals surface area contributed by atoms with Gasteiger partial charge in [-0.2, -0.15) is 5.26 Å². The van der Waals surface area contributed by atoms with Crippen molar-refractivity contribution in [3.63, 3.8) is 0 Å². The molecule has 1 unspecified atom stereocenters. The van der Waals surface area contributed by atoms with E-state index in [1.54, 1.807) is 16.9 Å². The van der Waals surface area contributed by atoms with Crippen LogP contribution in [0.5, 0.6) is 0 Å². The van der Waals surface area contributed by atoms with Crippen LogP contribution >= 0.6 is 23.1 Å². The second kappa shape index (κ2) is 9.49. The molecule has 0 spiro atoms. The molecule has 0 aromatic carbocycles. The molecule has 29 heavy (non-hydrogen) atoms. The molecule has 150 valence electrons. The monoisotopic (exact) mass is 430 g/mol. The van der Waals surface area contributed by atoms with Crippen LogP contribution in [0.25, 0.3) is 0 Å². The maximum Gasteiger partial charge on any atom is 0.217 e. The Balaban J connectivity index is 1.74. The zero-order valence-corrected chi connectivity index (χ0v) is 17.2. The third kappa shape index (κ3) is 5.30. The van der Waals surface area contributed by atoms with Crippen molar-refractivity contribution in [2.75, 3.05) is 5.75 Å². The lowest BCUT2D eigenvalue weighted by atomic mass is 10.1. The van der Waals surface area contributed by atoms with E-state index >= 15 is 0 Å². The minimum absolute atomic E-state index is 0.0446. The molecule has 3 heterocycles. The van der Waals surface area contributed by atoms with Crippen molar-refractivity contribution in [2.24, 2.45) is 5.73 Å². The molecule has 0 aliphatic rings. The van der Waals surface area contributed by atoms with Gasteiger partial charge < -0.3 is 10.2 Å². The summed E-state index contributed by atoms with van der Waals surface area (Å²) in [5.41, 5.74) is 6.02. The number of amides is 1. The number of Topliss-reactive ketones (excluding diaryl/α,β-unsaturated/α-hetero) is 1. The van der Waals surface area contributed by atoms with E-state index in [-0.39, 0.29) is 18.0 Å². The Morgan fingerprint density at radius 2 is 2.28 bits per heavy atom. The summed E-state index contributed by atoms with van der Waals surface area (Å²) in [5, 5.41) is 20.5. The summed E-state index contributed by atoms with van der Waals surface area (Å²) in [6, 6.07) is 5.62. The quantitative estimate of drug-likeness (QED) is 0.482. The molecule has 0 aliphatic carbocycles. The molecule has 0 saturated heterocycles. The minimum Gasteiger partial charge on any atom is -0.467 e. The molecule has 3 rings (SSSR count). The molecule has 3 aromatic heterocycles. The van der Waals surface area contributed by atoms with Crippen molar-refractivity contribution >= 4 is 34.8 Å². The first-order chi connectivity index (χ1) is 14.0. The Bertz CT molecular complexity index is 1030. The van der Waals surface area contributed by atoms with E-state index in [1.165, 1.54) is 23.1 Å². The molecular formula is C18H18N6O3S2. The number of carbonyl (C=O) groups is 2. The highest BCUT2D eigenvalue weighted by molar-refractivity contribution is 7.99. The molecule has 9 nitrogen and oxygen atoms in total. The van der Waals surface area contributed by atoms with Crippen LogP contribution in [-0.2, 0) is 22.6 Å². The summed E-state index contributed by atoms with van der Waals surface area (Å²) in [5.74, 6) is -0.287. The number of ketones is 1. The van der Waals surface area contributed by atoms with Gasteiger partial charge in [0.1, 0.15) is 16.6 Å². The first kappa shape index (κ1) is 20.8. The number of nitriles is 1. The molecule has 1 atom stereocenters. The number of furan rings is 1. The molecule has 1 amide bonds. The summed E-state index contributed by atoms with van der Waals surface area (Å²) < 4.78 is 7.18. The highest BCUT2D eigenvalue weighted by Gasteiger charge is 2.24. The molecule has 3 aromatic rings. The molecule has 2 N–H and O–H groups in total. The lowest BCUT2D eigenvalue weighted by Gasteiger charge is -2.09. The predicted molar refractivity (Wildman–Crippen MR) is 106 cm³/mol. The Kier molecular flexibility index (Phi) is 6.79. The van der Waals surface area contributed by atoms with Gasteiger partial charge in [-0.1, -0.05) is 11.8 Å². The minimum atomic E-state index is -0.906. The third-order valence-corrected chi connectivity index (χ3v) is 5.98. The van der Waals surface area contributed by atoms with Gasteiger partial charge in [0.15, 0.2) is 16.9 Å². The van der Waals surface area contributed by atoms with Crippen LogP contribution in [0.4, 0.5) is 0 Å². The molecule has 0 saturated carbocycles. The van der Waals surface area contributed by atoms with Crippen LogP contribution in [0.2, 0.25) is 0 Å². The number of aromatic nitrogens is 4. The molecule has 0 aliphatic heterocycles. The summed E-state index contributed by atoms with van der Waals surface area (Å²) in [6.45, 7) is 2.18. The lowest BCUT2D eigenvalue weighted by Crippen LogP contribution is -2.15. The van der Waals surface area contributed by atoms with E-state index in [2.05, 4.69) is 15.2 Å². The number of hydrogen-bond donors (Lipinski definition) is 1. The second-order valence-electron chi connectivity index (χ2n) is 6.17. The Morgan fingerprint density at radius 1 is 1.45 bits per heavy atom. The van der Waals surface area contributed by atoms with Crippen molar-refractivity contribution in [3.8, 4) is 6.07 Å². The van der Waals surface area contributed by atoms with Gasteiger partial charge in [-0.15, -0.1) is 21.5 Å². The van der Waals surface area contributed by atoms with E-state index < -0.39 is 11.8 Å². The second-order valence-corrected chi connectivity index (χ2v) is 8.01. The molecule has 0 radical (unpaired) electrons. The molecular weight excluding hydrogens is 412 g/mol. The molecule has 0 bridgehead atoms. The van der Waals surface area contributed by atoms with Gasteiger partial charge in [-0.3, -0.25) is 14.2 Å². The smallest absolute Gasteiger partial charge is 0.217 e. The van der Waals surface area contributed by atoms with Crippen molar-refractivity contribution in [1.29, 1.82) is 5.26 Å². The predicted octanol–water partition coefficient (Wildman–Crippen LogP) is 2.07. The summed E-state index contributed by atoms with van der Waals surface area (Å²) in [7, 11) is 0. The zero-order valence-electron chi connectivity index (χ0n) is 15.6. The van der Waals surface area contributed by atoms with Gasteiger partial charge in [0.25, 0.3) is 0 Å². The lowest BCUT2D eigenvalue weighted by molar-refractivity contribution is -0.118. The number of nitrogens with zero attached hydrogens (tertiary/aromatic N) is 5. The highest BCUT2D eigenvalue weighted by atomic mass is 32.2. The number of primary amides is 1. The van der Waals surface area contributed by atoms with Crippen LogP contribution in [0.1, 0.15) is 34.6 Å². The largest absolute Gasteiger partial charge is 0.467 e. The third-order valence-electron chi connectivity index (χ3n) is 3.96. The number of rotatable bonds is 10. The van der Waals surface area contributed by atoms with E-state index in [0.717, 1.165) is 5.69 Å². The van der Waals surface area contributed by atoms with Gasteiger partial charge >= 0.3 is 0 Å². The average molecular weight is 431 g/mol. The van der Waals surface area contributed by atoms with Gasteiger partial charge in [-0.05, 0) is 19.1 Å². The summed E-state index contributed by atoms with van der Waals surface area (Å²) >= 11 is 2.48. The van der Waals surface area contributed by atoms with E-state index in [1.807, 2.05) is 24.4 Å². The van der Waals surface area contributed by atoms with Gasteiger partial charge in [0.2, 0.25) is 5.91 Å². The first-order valence-electron chi connectivity index (χ1n) is 8.68. The fraction of sp³-hybridized carbons (Fsp3) is 0.333.